The molecule has 0 radical (unpaired) electrons. The van der Waals surface area contributed by atoms with Crippen LogP contribution in [0.2, 0.25) is 0 Å². The lowest BCUT2D eigenvalue weighted by Gasteiger charge is -2.11. The van der Waals surface area contributed by atoms with Crippen molar-refractivity contribution < 1.29 is 19.4 Å². The van der Waals surface area contributed by atoms with Crippen LogP contribution in [-0.2, 0) is 0 Å². The second-order valence-corrected chi connectivity index (χ2v) is 4.00. The molecule has 1 heterocycles. The first kappa shape index (κ1) is 13.9. The third kappa shape index (κ3) is 2.90. The van der Waals surface area contributed by atoms with Crippen molar-refractivity contribution in [2.45, 2.75) is 13.8 Å². The molecule has 1 aromatic heterocycles. The van der Waals surface area contributed by atoms with Crippen LogP contribution in [0, 0.1) is 0 Å². The van der Waals surface area contributed by atoms with E-state index in [2.05, 4.69) is 10.2 Å². The van der Waals surface area contributed by atoms with Gasteiger partial charge >= 0.3 is 5.97 Å². The summed E-state index contributed by atoms with van der Waals surface area (Å²) in [5, 5.41) is 15.4. The molecular weight excluding hydrogens is 260 g/mol. The van der Waals surface area contributed by atoms with E-state index in [4.69, 9.17) is 14.6 Å². The summed E-state index contributed by atoms with van der Waals surface area (Å²) in [5.41, 5.74) is 1.28. The van der Waals surface area contributed by atoms with Crippen LogP contribution in [0.5, 0.6) is 11.5 Å². The van der Waals surface area contributed by atoms with E-state index in [1.807, 2.05) is 13.8 Å². The molecule has 0 atom stereocenters. The summed E-state index contributed by atoms with van der Waals surface area (Å²) in [6.07, 6.45) is 0. The van der Waals surface area contributed by atoms with E-state index in [1.54, 1.807) is 18.2 Å². The minimum Gasteiger partial charge on any atom is -0.494 e. The molecule has 0 saturated carbocycles. The minimum atomic E-state index is -1.05. The summed E-state index contributed by atoms with van der Waals surface area (Å²) in [6, 6.07) is 6.85. The number of aromatic carboxylic acids is 1. The predicted molar refractivity (Wildman–Crippen MR) is 73.3 cm³/mol. The Morgan fingerprint density at radius 2 is 2.00 bits per heavy atom. The molecule has 0 unspecified atom stereocenters. The van der Waals surface area contributed by atoms with Crippen molar-refractivity contribution in [2.75, 3.05) is 13.2 Å². The quantitative estimate of drug-likeness (QED) is 0.847. The Morgan fingerprint density at radius 3 is 2.60 bits per heavy atom. The van der Waals surface area contributed by atoms with Crippen molar-refractivity contribution in [3.8, 4) is 22.8 Å². The summed E-state index contributed by atoms with van der Waals surface area (Å²) in [4.78, 5) is 10.9. The van der Waals surface area contributed by atoms with Gasteiger partial charge in [-0.15, -0.1) is 0 Å². The number of H-pyrrole nitrogens is 1. The van der Waals surface area contributed by atoms with Gasteiger partial charge in [-0.05, 0) is 32.0 Å². The summed E-state index contributed by atoms with van der Waals surface area (Å²) >= 11 is 0. The molecule has 0 spiro atoms. The van der Waals surface area contributed by atoms with Crippen LogP contribution in [0.3, 0.4) is 0 Å². The highest BCUT2D eigenvalue weighted by atomic mass is 16.5. The number of carbonyl (C=O) groups is 1. The lowest BCUT2D eigenvalue weighted by atomic mass is 10.1. The van der Waals surface area contributed by atoms with Gasteiger partial charge in [-0.25, -0.2) is 4.79 Å². The molecule has 0 fully saturated rings. The molecule has 106 valence electrons. The van der Waals surface area contributed by atoms with Gasteiger partial charge in [0.05, 0.1) is 18.9 Å². The fourth-order valence-electron chi connectivity index (χ4n) is 1.81. The number of carboxylic acids is 1. The van der Waals surface area contributed by atoms with Crippen LogP contribution in [0.25, 0.3) is 11.3 Å². The standard InChI is InChI=1S/C14H16N2O4/c1-3-19-9-5-6-10(13(7-9)20-4-2)11-8-12(14(17)18)16-15-11/h5-8H,3-4H2,1-2H3,(H,15,16)(H,17,18). The number of hydrogen-bond donors (Lipinski definition) is 2. The van der Waals surface area contributed by atoms with Gasteiger partial charge in [0.25, 0.3) is 0 Å². The second-order valence-electron chi connectivity index (χ2n) is 4.00. The number of benzene rings is 1. The summed E-state index contributed by atoms with van der Waals surface area (Å²) < 4.78 is 11.0. The highest BCUT2D eigenvalue weighted by Gasteiger charge is 2.14. The first-order valence-corrected chi connectivity index (χ1v) is 6.34. The minimum absolute atomic E-state index is 0.0383. The Kier molecular flexibility index (Phi) is 4.24. The largest absolute Gasteiger partial charge is 0.494 e. The number of nitrogens with one attached hydrogen (secondary N) is 1. The maximum atomic E-state index is 10.9. The molecule has 0 bridgehead atoms. The number of aromatic nitrogens is 2. The Balaban J connectivity index is 2.40. The van der Waals surface area contributed by atoms with E-state index in [-0.39, 0.29) is 5.69 Å². The van der Waals surface area contributed by atoms with Gasteiger partial charge in [0.2, 0.25) is 0 Å². The molecule has 20 heavy (non-hydrogen) atoms. The first-order chi connectivity index (χ1) is 9.65. The van der Waals surface area contributed by atoms with Gasteiger partial charge in [0.1, 0.15) is 17.2 Å². The van der Waals surface area contributed by atoms with E-state index < -0.39 is 5.97 Å². The van der Waals surface area contributed by atoms with Crippen molar-refractivity contribution in [2.24, 2.45) is 0 Å². The summed E-state index contributed by atoms with van der Waals surface area (Å²) in [5.74, 6) is 0.267. The van der Waals surface area contributed by atoms with E-state index in [0.29, 0.717) is 30.4 Å². The molecule has 0 saturated heterocycles. The van der Waals surface area contributed by atoms with Crippen molar-refractivity contribution >= 4 is 5.97 Å². The Labute approximate surface area is 116 Å². The van der Waals surface area contributed by atoms with Gasteiger partial charge in [0, 0.05) is 11.6 Å². The van der Waals surface area contributed by atoms with Gasteiger partial charge in [0.15, 0.2) is 0 Å². The summed E-state index contributed by atoms with van der Waals surface area (Å²) in [6.45, 7) is 4.85. The van der Waals surface area contributed by atoms with Gasteiger partial charge < -0.3 is 14.6 Å². The highest BCUT2D eigenvalue weighted by Crippen LogP contribution is 2.32. The number of hydrogen-bond acceptors (Lipinski definition) is 4. The zero-order valence-corrected chi connectivity index (χ0v) is 11.3. The fraction of sp³-hybridized carbons (Fsp3) is 0.286. The normalized spacial score (nSPS) is 10.3. The van der Waals surface area contributed by atoms with E-state index in [0.717, 1.165) is 5.56 Å². The molecule has 0 aliphatic rings. The molecule has 1 aromatic carbocycles. The van der Waals surface area contributed by atoms with Crippen molar-refractivity contribution in [1.29, 1.82) is 0 Å². The predicted octanol–water partition coefficient (Wildman–Crippen LogP) is 2.57. The van der Waals surface area contributed by atoms with Crippen LogP contribution in [0.1, 0.15) is 24.3 Å². The number of carboxylic acid groups (broad SMARTS) is 1. The average molecular weight is 276 g/mol. The average Bonchev–Trinajstić information content (AvgIpc) is 2.89. The van der Waals surface area contributed by atoms with Crippen LogP contribution in [0.15, 0.2) is 24.3 Å². The Bertz CT molecular complexity index is 607. The second kappa shape index (κ2) is 6.10. The highest BCUT2D eigenvalue weighted by molar-refractivity contribution is 5.87. The Morgan fingerprint density at radius 1 is 1.25 bits per heavy atom. The third-order valence-corrected chi connectivity index (χ3v) is 2.65. The van der Waals surface area contributed by atoms with Crippen LogP contribution >= 0.6 is 0 Å². The molecule has 0 aliphatic heterocycles. The molecule has 2 rings (SSSR count). The SMILES string of the molecule is CCOc1ccc(-c2cc(C(=O)O)[nH]n2)c(OCC)c1. The molecule has 6 nitrogen and oxygen atoms in total. The number of rotatable bonds is 6. The molecule has 0 aliphatic carbocycles. The van der Waals surface area contributed by atoms with E-state index in [9.17, 15) is 4.79 Å². The van der Waals surface area contributed by atoms with Gasteiger partial charge in [-0.3, -0.25) is 5.10 Å². The van der Waals surface area contributed by atoms with Gasteiger partial charge in [-0.1, -0.05) is 0 Å². The van der Waals surface area contributed by atoms with Crippen LogP contribution < -0.4 is 9.47 Å². The lowest BCUT2D eigenvalue weighted by Crippen LogP contribution is -1.97. The van der Waals surface area contributed by atoms with Crippen LogP contribution in [0.4, 0.5) is 0 Å². The van der Waals surface area contributed by atoms with Crippen molar-refractivity contribution in [1.82, 2.24) is 10.2 Å². The van der Waals surface area contributed by atoms with Gasteiger partial charge in [-0.2, -0.15) is 5.10 Å². The van der Waals surface area contributed by atoms with Crippen molar-refractivity contribution in [3.63, 3.8) is 0 Å². The lowest BCUT2D eigenvalue weighted by molar-refractivity contribution is 0.0690. The number of nitrogens with zero attached hydrogens (tertiary/aromatic N) is 1. The number of ether oxygens (including phenoxy) is 2. The maximum Gasteiger partial charge on any atom is 0.353 e. The monoisotopic (exact) mass is 276 g/mol. The molecule has 6 heteroatoms. The Hall–Kier alpha value is -2.50. The van der Waals surface area contributed by atoms with Crippen LogP contribution in [-0.4, -0.2) is 34.5 Å². The molecule has 0 amide bonds. The first-order valence-electron chi connectivity index (χ1n) is 6.34. The molecular formula is C14H16N2O4. The maximum absolute atomic E-state index is 10.9. The zero-order valence-electron chi connectivity index (χ0n) is 11.3. The molecule has 2 aromatic rings. The van der Waals surface area contributed by atoms with E-state index in [1.165, 1.54) is 6.07 Å². The fourth-order valence-corrected chi connectivity index (χ4v) is 1.81. The van der Waals surface area contributed by atoms with Crippen molar-refractivity contribution in [3.05, 3.63) is 30.0 Å². The topological polar surface area (TPSA) is 84.4 Å². The smallest absolute Gasteiger partial charge is 0.353 e. The third-order valence-electron chi connectivity index (χ3n) is 2.65. The number of aromatic amines is 1. The summed E-state index contributed by atoms with van der Waals surface area (Å²) in [7, 11) is 0. The molecule has 2 N–H and O–H groups in total. The zero-order chi connectivity index (χ0) is 14.5. The van der Waals surface area contributed by atoms with E-state index >= 15 is 0 Å².